The molecule has 0 radical (unpaired) electrons. The minimum atomic E-state index is -0.189. The molecule has 1 amide bonds. The summed E-state index contributed by atoms with van der Waals surface area (Å²) < 4.78 is 16.0. The molecule has 2 aromatic heterocycles. The number of hydrogen-bond acceptors (Lipinski definition) is 3. The van der Waals surface area contributed by atoms with Crippen LogP contribution in [0.4, 0.5) is 4.39 Å². The maximum absolute atomic E-state index is 14.0. The van der Waals surface area contributed by atoms with Gasteiger partial charge in [-0.3, -0.25) is 9.48 Å². The molecule has 0 aliphatic carbocycles. The van der Waals surface area contributed by atoms with Crippen molar-refractivity contribution >= 4 is 17.2 Å². The van der Waals surface area contributed by atoms with Crippen LogP contribution in [0.25, 0.3) is 10.4 Å². The number of nitrogens with zero attached hydrogens (tertiary/aromatic N) is 3. The highest BCUT2D eigenvalue weighted by atomic mass is 32.1. The molecule has 1 aliphatic rings. The molecule has 0 atom stereocenters. The van der Waals surface area contributed by atoms with Gasteiger partial charge in [0.15, 0.2) is 0 Å². The summed E-state index contributed by atoms with van der Waals surface area (Å²) in [6.45, 7) is 3.88. The highest BCUT2D eigenvalue weighted by molar-refractivity contribution is 7.17. The zero-order chi connectivity index (χ0) is 17.4. The van der Waals surface area contributed by atoms with Gasteiger partial charge in [-0.15, -0.1) is 11.3 Å². The third kappa shape index (κ3) is 2.98. The van der Waals surface area contributed by atoms with E-state index in [0.717, 1.165) is 22.7 Å². The summed E-state index contributed by atoms with van der Waals surface area (Å²) in [5.74, 6) is -0.167. The van der Waals surface area contributed by atoms with Crippen LogP contribution in [0.5, 0.6) is 0 Å². The molecule has 0 bridgehead atoms. The van der Waals surface area contributed by atoms with Crippen molar-refractivity contribution in [3.8, 4) is 10.4 Å². The SMILES string of the molecule is CCc1ccc(-c2ccc(C(=O)N3CCn4nccc4C3)s2)cc1F. The molecule has 0 N–H and O–H groups in total. The summed E-state index contributed by atoms with van der Waals surface area (Å²) in [4.78, 5) is 16.2. The Morgan fingerprint density at radius 3 is 2.92 bits per heavy atom. The van der Waals surface area contributed by atoms with Gasteiger partial charge in [0.2, 0.25) is 0 Å². The molecule has 0 unspecified atom stereocenters. The van der Waals surface area contributed by atoms with E-state index in [1.54, 1.807) is 12.3 Å². The smallest absolute Gasteiger partial charge is 0.264 e. The minimum Gasteiger partial charge on any atom is -0.330 e. The molecule has 3 aromatic rings. The average Bonchev–Trinajstić information content (AvgIpc) is 3.29. The van der Waals surface area contributed by atoms with Crippen molar-refractivity contribution in [1.29, 1.82) is 0 Å². The van der Waals surface area contributed by atoms with Crippen LogP contribution in [-0.2, 0) is 19.5 Å². The van der Waals surface area contributed by atoms with Crippen LogP contribution in [0, 0.1) is 5.82 Å². The molecule has 3 heterocycles. The van der Waals surface area contributed by atoms with E-state index in [1.807, 2.05) is 46.8 Å². The number of rotatable bonds is 3. The summed E-state index contributed by atoms with van der Waals surface area (Å²) in [6.07, 6.45) is 2.44. The summed E-state index contributed by atoms with van der Waals surface area (Å²) in [6, 6.07) is 11.0. The highest BCUT2D eigenvalue weighted by Crippen LogP contribution is 2.30. The number of carbonyl (C=O) groups is 1. The van der Waals surface area contributed by atoms with Gasteiger partial charge in [-0.25, -0.2) is 4.39 Å². The molecular formula is C19H18FN3OS. The second kappa shape index (κ2) is 6.44. The van der Waals surface area contributed by atoms with Crippen LogP contribution in [0.1, 0.15) is 27.9 Å². The van der Waals surface area contributed by atoms with Gasteiger partial charge < -0.3 is 4.90 Å². The Morgan fingerprint density at radius 1 is 1.24 bits per heavy atom. The molecule has 0 fully saturated rings. The van der Waals surface area contributed by atoms with E-state index in [4.69, 9.17) is 0 Å². The van der Waals surface area contributed by atoms with Gasteiger partial charge in [-0.2, -0.15) is 5.10 Å². The second-order valence-corrected chi connectivity index (χ2v) is 7.18. The molecule has 4 rings (SSSR count). The lowest BCUT2D eigenvalue weighted by molar-refractivity contribution is 0.0711. The first-order valence-electron chi connectivity index (χ1n) is 8.34. The van der Waals surface area contributed by atoms with Gasteiger partial charge in [-0.05, 0) is 41.8 Å². The van der Waals surface area contributed by atoms with Crippen LogP contribution in [0.15, 0.2) is 42.6 Å². The van der Waals surface area contributed by atoms with Crippen molar-refractivity contribution in [3.63, 3.8) is 0 Å². The van der Waals surface area contributed by atoms with Crippen LogP contribution in [-0.4, -0.2) is 27.1 Å². The van der Waals surface area contributed by atoms with E-state index < -0.39 is 0 Å². The fourth-order valence-corrected chi connectivity index (χ4v) is 4.08. The Morgan fingerprint density at radius 2 is 2.12 bits per heavy atom. The molecule has 6 heteroatoms. The van der Waals surface area contributed by atoms with Crippen molar-refractivity contribution < 1.29 is 9.18 Å². The van der Waals surface area contributed by atoms with E-state index in [2.05, 4.69) is 5.10 Å². The molecule has 1 aliphatic heterocycles. The van der Waals surface area contributed by atoms with Crippen LogP contribution in [0.2, 0.25) is 0 Å². The van der Waals surface area contributed by atoms with E-state index >= 15 is 0 Å². The predicted octanol–water partition coefficient (Wildman–Crippen LogP) is 3.97. The fourth-order valence-electron chi connectivity index (χ4n) is 3.11. The summed E-state index contributed by atoms with van der Waals surface area (Å²) >= 11 is 1.41. The Labute approximate surface area is 149 Å². The highest BCUT2D eigenvalue weighted by Gasteiger charge is 2.23. The fraction of sp³-hybridized carbons (Fsp3) is 0.263. The quantitative estimate of drug-likeness (QED) is 0.713. The number of amides is 1. The van der Waals surface area contributed by atoms with Crippen molar-refractivity contribution in [1.82, 2.24) is 14.7 Å². The number of hydrogen-bond donors (Lipinski definition) is 0. The Bertz CT molecular complexity index is 930. The van der Waals surface area contributed by atoms with Gasteiger partial charge in [0, 0.05) is 17.6 Å². The number of carbonyl (C=O) groups excluding carboxylic acids is 1. The normalized spacial score (nSPS) is 13.8. The second-order valence-electron chi connectivity index (χ2n) is 6.10. The van der Waals surface area contributed by atoms with Gasteiger partial charge >= 0.3 is 0 Å². The Balaban J connectivity index is 1.55. The molecule has 4 nitrogen and oxygen atoms in total. The van der Waals surface area contributed by atoms with Crippen LogP contribution in [0.3, 0.4) is 0 Å². The van der Waals surface area contributed by atoms with Crippen molar-refractivity contribution in [2.24, 2.45) is 0 Å². The first kappa shape index (κ1) is 16.0. The topological polar surface area (TPSA) is 38.1 Å². The predicted molar refractivity (Wildman–Crippen MR) is 96.1 cm³/mol. The number of thiophene rings is 1. The third-order valence-corrected chi connectivity index (χ3v) is 5.68. The van der Waals surface area contributed by atoms with E-state index in [9.17, 15) is 9.18 Å². The Hall–Kier alpha value is -2.47. The zero-order valence-corrected chi connectivity index (χ0v) is 14.7. The van der Waals surface area contributed by atoms with Crippen molar-refractivity contribution in [3.05, 3.63) is 64.5 Å². The largest absolute Gasteiger partial charge is 0.330 e. The van der Waals surface area contributed by atoms with Gasteiger partial charge in [0.25, 0.3) is 5.91 Å². The maximum atomic E-state index is 14.0. The monoisotopic (exact) mass is 355 g/mol. The Kier molecular flexibility index (Phi) is 4.13. The first-order chi connectivity index (χ1) is 12.2. The lowest BCUT2D eigenvalue weighted by atomic mass is 10.1. The molecule has 128 valence electrons. The molecular weight excluding hydrogens is 337 g/mol. The number of fused-ring (bicyclic) bond motifs is 1. The van der Waals surface area contributed by atoms with E-state index in [-0.39, 0.29) is 11.7 Å². The number of aromatic nitrogens is 2. The molecule has 0 saturated heterocycles. The molecule has 0 spiro atoms. The molecule has 25 heavy (non-hydrogen) atoms. The van der Waals surface area contributed by atoms with E-state index in [0.29, 0.717) is 30.0 Å². The lowest BCUT2D eigenvalue weighted by Crippen LogP contribution is -2.38. The number of aryl methyl sites for hydroxylation is 1. The van der Waals surface area contributed by atoms with Crippen LogP contribution >= 0.6 is 11.3 Å². The minimum absolute atomic E-state index is 0.0225. The first-order valence-corrected chi connectivity index (χ1v) is 9.16. The standard InChI is InChI=1S/C19H18FN3OS/c1-2-13-3-4-14(11-16(13)20)17-5-6-18(25-17)19(24)22-9-10-23-15(12-22)7-8-21-23/h3-8,11H,2,9-10,12H2,1H3. The van der Waals surface area contributed by atoms with Crippen molar-refractivity contribution in [2.75, 3.05) is 6.54 Å². The summed E-state index contributed by atoms with van der Waals surface area (Å²) in [5.41, 5.74) is 2.57. The number of halogens is 1. The molecule has 1 aromatic carbocycles. The maximum Gasteiger partial charge on any atom is 0.264 e. The third-order valence-electron chi connectivity index (χ3n) is 4.56. The van der Waals surface area contributed by atoms with Crippen LogP contribution < -0.4 is 0 Å². The van der Waals surface area contributed by atoms with Crippen molar-refractivity contribution in [2.45, 2.75) is 26.4 Å². The van der Waals surface area contributed by atoms with Gasteiger partial charge in [-0.1, -0.05) is 19.1 Å². The lowest BCUT2D eigenvalue weighted by Gasteiger charge is -2.27. The van der Waals surface area contributed by atoms with Gasteiger partial charge in [0.05, 0.1) is 23.7 Å². The number of benzene rings is 1. The van der Waals surface area contributed by atoms with E-state index in [1.165, 1.54) is 11.3 Å². The average molecular weight is 355 g/mol. The summed E-state index contributed by atoms with van der Waals surface area (Å²) in [5, 5.41) is 4.24. The zero-order valence-electron chi connectivity index (χ0n) is 13.9. The van der Waals surface area contributed by atoms with Gasteiger partial charge in [0.1, 0.15) is 5.82 Å². The molecule has 0 saturated carbocycles. The summed E-state index contributed by atoms with van der Waals surface area (Å²) in [7, 11) is 0.